The van der Waals surface area contributed by atoms with Crippen LogP contribution in [0.4, 0.5) is 13.2 Å². The lowest BCUT2D eigenvalue weighted by Crippen LogP contribution is -2.49. The average Bonchev–Trinajstić information content (AvgIpc) is 2.30. The van der Waals surface area contributed by atoms with Gasteiger partial charge in [-0.2, -0.15) is 13.2 Å². The van der Waals surface area contributed by atoms with Crippen molar-refractivity contribution in [2.75, 3.05) is 12.3 Å². The minimum Gasteiger partial charge on any atom is -0.264 e. The molecule has 4 aliphatic carbocycles. The van der Waals surface area contributed by atoms with Crippen LogP contribution in [0.25, 0.3) is 0 Å². The number of alkyl halides is 3. The lowest BCUT2D eigenvalue weighted by atomic mass is 9.50. The first kappa shape index (κ1) is 15.0. The summed E-state index contributed by atoms with van der Waals surface area (Å²) in [6, 6.07) is 0. The van der Waals surface area contributed by atoms with Crippen LogP contribution in [0.2, 0.25) is 0 Å². The number of nitrogens with one attached hydrogen (secondary N) is 1. The zero-order chi connectivity index (χ0) is 14.2. The van der Waals surface area contributed by atoms with Gasteiger partial charge in [-0.15, -0.1) is 0 Å². The van der Waals surface area contributed by atoms with Gasteiger partial charge in [-0.3, -0.25) is 4.72 Å². The smallest absolute Gasteiger partial charge is 0.264 e. The Kier molecular flexibility index (Phi) is 4.29. The van der Waals surface area contributed by atoms with Crippen molar-refractivity contribution >= 4 is 11.9 Å². The van der Waals surface area contributed by atoms with Crippen molar-refractivity contribution in [2.24, 2.45) is 23.2 Å². The fourth-order valence-corrected chi connectivity index (χ4v) is 5.97. The summed E-state index contributed by atoms with van der Waals surface area (Å²) in [4.78, 5) is 0. The highest BCUT2D eigenvalue weighted by Crippen LogP contribution is 2.59. The van der Waals surface area contributed by atoms with Crippen molar-refractivity contribution in [3.63, 3.8) is 0 Å². The van der Waals surface area contributed by atoms with E-state index in [0.717, 1.165) is 24.3 Å². The van der Waals surface area contributed by atoms with Crippen molar-refractivity contribution in [3.05, 3.63) is 0 Å². The first-order valence-corrected chi connectivity index (χ1v) is 8.84. The van der Waals surface area contributed by atoms with E-state index in [1.54, 1.807) is 0 Å². The summed E-state index contributed by atoms with van der Waals surface area (Å²) in [5, 5.41) is 0. The number of rotatable bonds is 6. The minimum absolute atomic E-state index is 0.224. The summed E-state index contributed by atoms with van der Waals surface area (Å²) in [6.45, 7) is 1.01. The molecule has 4 bridgehead atoms. The molecule has 0 heterocycles. The van der Waals surface area contributed by atoms with E-state index in [2.05, 4.69) is 4.72 Å². The maximum absolute atomic E-state index is 12.0. The Bertz CT molecular complexity index is 307. The Balaban J connectivity index is 1.37. The molecule has 4 aliphatic rings. The van der Waals surface area contributed by atoms with Gasteiger partial charge in [0.25, 0.3) is 0 Å². The van der Waals surface area contributed by atoms with E-state index in [-0.39, 0.29) is 6.42 Å². The van der Waals surface area contributed by atoms with Gasteiger partial charge < -0.3 is 0 Å². The van der Waals surface area contributed by atoms with Crippen molar-refractivity contribution in [3.8, 4) is 0 Å². The molecular formula is C15H24F3NS. The molecule has 0 atom stereocenters. The SMILES string of the molecule is FC(F)(F)CCCSNCC12CC3CC(CC(C3)C1)C2. The van der Waals surface area contributed by atoms with E-state index < -0.39 is 12.6 Å². The zero-order valence-electron chi connectivity index (χ0n) is 11.8. The lowest BCUT2D eigenvalue weighted by Gasteiger charge is -2.57. The standard InChI is InChI=1S/C15H24F3NS/c16-15(17,18)2-1-3-20-19-10-14-7-11-4-12(8-14)6-13(5-11)9-14/h11-13,19H,1-10H2. The predicted molar refractivity (Wildman–Crippen MR) is 76.4 cm³/mol. The summed E-state index contributed by atoms with van der Waals surface area (Å²) in [7, 11) is 0. The van der Waals surface area contributed by atoms with Crippen LogP contribution in [0.15, 0.2) is 0 Å². The third kappa shape index (κ3) is 3.65. The monoisotopic (exact) mass is 307 g/mol. The second-order valence-electron chi connectivity index (χ2n) is 7.31. The first-order chi connectivity index (χ1) is 9.44. The van der Waals surface area contributed by atoms with Gasteiger partial charge in [-0.25, -0.2) is 0 Å². The molecule has 5 heteroatoms. The zero-order valence-corrected chi connectivity index (χ0v) is 12.7. The van der Waals surface area contributed by atoms with Crippen LogP contribution < -0.4 is 4.72 Å². The molecule has 1 nitrogen and oxygen atoms in total. The molecule has 116 valence electrons. The molecule has 4 saturated carbocycles. The second-order valence-corrected chi connectivity index (χ2v) is 8.29. The number of hydrogen-bond acceptors (Lipinski definition) is 2. The third-order valence-electron chi connectivity index (χ3n) is 5.42. The van der Waals surface area contributed by atoms with Crippen LogP contribution >= 0.6 is 11.9 Å². The normalized spacial score (nSPS) is 39.5. The van der Waals surface area contributed by atoms with Crippen LogP contribution in [0, 0.1) is 23.2 Å². The van der Waals surface area contributed by atoms with Crippen molar-refractivity contribution in [1.29, 1.82) is 0 Å². The van der Waals surface area contributed by atoms with Crippen LogP contribution in [0.5, 0.6) is 0 Å². The summed E-state index contributed by atoms with van der Waals surface area (Å²) in [5.41, 5.74) is 0.478. The largest absolute Gasteiger partial charge is 0.389 e. The van der Waals surface area contributed by atoms with Crippen LogP contribution in [0.3, 0.4) is 0 Å². The molecule has 0 amide bonds. The van der Waals surface area contributed by atoms with E-state index in [0.29, 0.717) is 11.2 Å². The van der Waals surface area contributed by atoms with E-state index in [9.17, 15) is 13.2 Å². The number of hydrogen-bond donors (Lipinski definition) is 1. The van der Waals surface area contributed by atoms with Gasteiger partial charge >= 0.3 is 6.18 Å². The van der Waals surface area contributed by atoms with E-state index >= 15 is 0 Å². The second kappa shape index (κ2) is 5.71. The topological polar surface area (TPSA) is 12.0 Å². The van der Waals surface area contributed by atoms with Gasteiger partial charge in [0.1, 0.15) is 0 Å². The maximum Gasteiger partial charge on any atom is 0.389 e. The van der Waals surface area contributed by atoms with Gasteiger partial charge in [0.05, 0.1) is 0 Å². The Labute approximate surface area is 123 Å². The molecular weight excluding hydrogens is 283 g/mol. The van der Waals surface area contributed by atoms with Crippen LogP contribution in [-0.4, -0.2) is 18.5 Å². The lowest BCUT2D eigenvalue weighted by molar-refractivity contribution is -0.134. The molecule has 0 radical (unpaired) electrons. The molecule has 4 rings (SSSR count). The summed E-state index contributed by atoms with van der Waals surface area (Å²) in [5.74, 6) is 3.39. The molecule has 0 spiro atoms. The van der Waals surface area contributed by atoms with E-state index in [1.807, 2.05) is 0 Å². The Morgan fingerprint density at radius 1 is 1.00 bits per heavy atom. The Morgan fingerprint density at radius 3 is 2.05 bits per heavy atom. The fourth-order valence-electron chi connectivity index (χ4n) is 5.13. The van der Waals surface area contributed by atoms with Crippen molar-refractivity contribution < 1.29 is 13.2 Å². The molecule has 1 N–H and O–H groups in total. The predicted octanol–water partition coefficient (Wildman–Crippen LogP) is 4.78. The highest BCUT2D eigenvalue weighted by Gasteiger charge is 2.50. The minimum atomic E-state index is -4.00. The summed E-state index contributed by atoms with van der Waals surface area (Å²) >= 11 is 1.49. The maximum atomic E-state index is 12.0. The molecule has 0 aliphatic heterocycles. The quantitative estimate of drug-likeness (QED) is 0.559. The summed E-state index contributed by atoms with van der Waals surface area (Å²) < 4.78 is 39.5. The van der Waals surface area contributed by atoms with Gasteiger partial charge in [0.15, 0.2) is 0 Å². The van der Waals surface area contributed by atoms with Crippen molar-refractivity contribution in [2.45, 2.75) is 57.5 Å². The molecule has 0 saturated heterocycles. The van der Waals surface area contributed by atoms with Gasteiger partial charge in [0, 0.05) is 18.7 Å². The van der Waals surface area contributed by atoms with E-state index in [1.165, 1.54) is 50.5 Å². The third-order valence-corrected chi connectivity index (χ3v) is 6.26. The highest BCUT2D eigenvalue weighted by atomic mass is 32.2. The fraction of sp³-hybridized carbons (Fsp3) is 1.00. The summed E-state index contributed by atoms with van der Waals surface area (Å²) in [6.07, 6.45) is 3.97. The highest BCUT2D eigenvalue weighted by molar-refractivity contribution is 7.97. The van der Waals surface area contributed by atoms with Crippen LogP contribution in [0.1, 0.15) is 51.4 Å². The Morgan fingerprint density at radius 2 is 1.55 bits per heavy atom. The average molecular weight is 307 g/mol. The van der Waals surface area contributed by atoms with Crippen LogP contribution in [-0.2, 0) is 0 Å². The molecule has 0 aromatic heterocycles. The Hall–Kier alpha value is 0.1000. The molecule has 0 unspecified atom stereocenters. The molecule has 20 heavy (non-hydrogen) atoms. The molecule has 0 aromatic rings. The first-order valence-electron chi connectivity index (χ1n) is 7.86. The van der Waals surface area contributed by atoms with Gasteiger partial charge in [-0.05, 0) is 68.1 Å². The van der Waals surface area contributed by atoms with E-state index in [4.69, 9.17) is 0 Å². The van der Waals surface area contributed by atoms with Gasteiger partial charge in [0.2, 0.25) is 0 Å². The number of halogens is 3. The van der Waals surface area contributed by atoms with Crippen molar-refractivity contribution in [1.82, 2.24) is 4.72 Å². The molecule has 4 fully saturated rings. The molecule has 0 aromatic carbocycles. The van der Waals surface area contributed by atoms with Gasteiger partial charge in [-0.1, -0.05) is 11.9 Å².